The number of fused-ring (bicyclic) bond motifs is 1. The van der Waals surface area contributed by atoms with E-state index in [1.807, 2.05) is 6.07 Å². The Bertz CT molecular complexity index is 467. The highest BCUT2D eigenvalue weighted by Crippen LogP contribution is 2.08. The highest BCUT2D eigenvalue weighted by Gasteiger charge is 2.02. The van der Waals surface area contributed by atoms with Crippen LogP contribution in [0.1, 0.15) is 5.69 Å². The summed E-state index contributed by atoms with van der Waals surface area (Å²) in [7, 11) is 0. The lowest BCUT2D eigenvalue weighted by molar-refractivity contribution is 0.624. The van der Waals surface area contributed by atoms with Gasteiger partial charge in [0.1, 0.15) is 17.6 Å². The highest BCUT2D eigenvalue weighted by atomic mass is 19.1. The van der Waals surface area contributed by atoms with Crippen molar-refractivity contribution in [2.75, 3.05) is 0 Å². The molecule has 0 saturated heterocycles. The molecule has 0 atom stereocenters. The van der Waals surface area contributed by atoms with Gasteiger partial charge in [-0.05, 0) is 12.1 Å². The van der Waals surface area contributed by atoms with Crippen LogP contribution in [0.25, 0.3) is 5.52 Å². The normalized spacial score (nSPS) is 10.0. The lowest BCUT2D eigenvalue weighted by Crippen LogP contribution is -1.94. The number of hydrogen-bond acceptors (Lipinski definition) is 2. The molecule has 0 aliphatic carbocycles. The van der Waals surface area contributed by atoms with Crippen LogP contribution in [0.3, 0.4) is 0 Å². The Kier molecular flexibility index (Phi) is 1.31. The van der Waals surface area contributed by atoms with Crippen LogP contribution in [-0.4, -0.2) is 9.61 Å². The van der Waals surface area contributed by atoms with Gasteiger partial charge in [-0.2, -0.15) is 10.4 Å². The third kappa shape index (κ3) is 0.839. The van der Waals surface area contributed by atoms with E-state index in [1.54, 1.807) is 6.07 Å². The van der Waals surface area contributed by atoms with Crippen LogP contribution in [0.15, 0.2) is 24.4 Å². The van der Waals surface area contributed by atoms with E-state index in [1.165, 1.54) is 16.8 Å². The van der Waals surface area contributed by atoms with Crippen LogP contribution in [0, 0.1) is 17.1 Å². The zero-order valence-electron chi connectivity index (χ0n) is 6.03. The lowest BCUT2D eigenvalue weighted by Gasteiger charge is -1.95. The van der Waals surface area contributed by atoms with Gasteiger partial charge in [0.2, 0.25) is 0 Å². The molecule has 0 fully saturated rings. The van der Waals surface area contributed by atoms with E-state index < -0.39 is 5.82 Å². The Morgan fingerprint density at radius 3 is 3.08 bits per heavy atom. The first-order valence-electron chi connectivity index (χ1n) is 3.34. The van der Waals surface area contributed by atoms with Crippen LogP contribution in [0.2, 0.25) is 0 Å². The Morgan fingerprint density at radius 2 is 2.33 bits per heavy atom. The maximum absolute atomic E-state index is 12.8. The van der Waals surface area contributed by atoms with Gasteiger partial charge in [-0.3, -0.25) is 0 Å². The molecule has 4 heteroatoms. The first-order valence-corrected chi connectivity index (χ1v) is 3.34. The molecule has 12 heavy (non-hydrogen) atoms. The van der Waals surface area contributed by atoms with Gasteiger partial charge in [0.05, 0.1) is 11.7 Å². The third-order valence-electron chi connectivity index (χ3n) is 1.58. The standard InChI is InChI=1S/C8H4FN3/c9-6-3-7-1-2-11-12(7)8(4-6)5-10/h1-4H. The average molecular weight is 161 g/mol. The first-order chi connectivity index (χ1) is 5.81. The Morgan fingerprint density at radius 1 is 1.50 bits per heavy atom. The molecule has 2 aromatic heterocycles. The van der Waals surface area contributed by atoms with E-state index in [2.05, 4.69) is 5.10 Å². The largest absolute Gasteiger partial charge is 0.223 e. The summed E-state index contributed by atoms with van der Waals surface area (Å²) in [5.41, 5.74) is 0.793. The van der Waals surface area contributed by atoms with Gasteiger partial charge in [0.25, 0.3) is 0 Å². The second-order valence-corrected chi connectivity index (χ2v) is 2.34. The second kappa shape index (κ2) is 2.31. The third-order valence-corrected chi connectivity index (χ3v) is 1.58. The zero-order chi connectivity index (χ0) is 8.55. The summed E-state index contributed by atoms with van der Waals surface area (Å²) in [6, 6.07) is 5.98. The molecule has 2 rings (SSSR count). The van der Waals surface area contributed by atoms with Crippen molar-refractivity contribution in [1.82, 2.24) is 9.61 Å². The topological polar surface area (TPSA) is 41.1 Å². The molecule has 0 aliphatic heterocycles. The molecule has 58 valence electrons. The Balaban J connectivity index is 2.91. The van der Waals surface area contributed by atoms with E-state index in [0.717, 1.165) is 6.07 Å². The Hall–Kier alpha value is -1.89. The van der Waals surface area contributed by atoms with Crippen molar-refractivity contribution in [2.24, 2.45) is 0 Å². The van der Waals surface area contributed by atoms with E-state index in [4.69, 9.17) is 5.26 Å². The van der Waals surface area contributed by atoms with Gasteiger partial charge in [0.15, 0.2) is 0 Å². The smallest absolute Gasteiger partial charge is 0.145 e. The average Bonchev–Trinajstić information content (AvgIpc) is 2.50. The fourth-order valence-electron chi connectivity index (χ4n) is 1.08. The van der Waals surface area contributed by atoms with Crippen LogP contribution in [0.4, 0.5) is 4.39 Å². The number of halogens is 1. The summed E-state index contributed by atoms with van der Waals surface area (Å²) in [6.07, 6.45) is 1.52. The van der Waals surface area contributed by atoms with Crippen molar-refractivity contribution in [3.63, 3.8) is 0 Å². The van der Waals surface area contributed by atoms with Crippen molar-refractivity contribution >= 4 is 5.52 Å². The minimum atomic E-state index is -0.417. The molecule has 2 aromatic rings. The molecule has 0 amide bonds. The number of nitriles is 1. The van der Waals surface area contributed by atoms with Gasteiger partial charge in [0, 0.05) is 6.07 Å². The minimum Gasteiger partial charge on any atom is -0.223 e. The number of rotatable bonds is 0. The number of aromatic nitrogens is 2. The summed E-state index contributed by atoms with van der Waals surface area (Å²) in [5, 5.41) is 12.5. The summed E-state index contributed by atoms with van der Waals surface area (Å²) < 4.78 is 14.2. The molecule has 0 aliphatic rings. The van der Waals surface area contributed by atoms with E-state index in [0.29, 0.717) is 5.52 Å². The molecule has 0 bridgehead atoms. The van der Waals surface area contributed by atoms with Crippen LogP contribution in [-0.2, 0) is 0 Å². The van der Waals surface area contributed by atoms with E-state index >= 15 is 0 Å². The SMILES string of the molecule is N#Cc1cc(F)cc2ccnn12. The molecule has 3 nitrogen and oxygen atoms in total. The molecule has 0 spiro atoms. The molecule has 0 saturated carbocycles. The van der Waals surface area contributed by atoms with Crippen molar-refractivity contribution in [3.05, 3.63) is 35.9 Å². The van der Waals surface area contributed by atoms with Gasteiger partial charge in [-0.15, -0.1) is 0 Å². The molecule has 0 aromatic carbocycles. The Labute approximate surface area is 67.7 Å². The molecule has 2 heterocycles. The molecule has 0 unspecified atom stereocenters. The monoisotopic (exact) mass is 161 g/mol. The summed E-state index contributed by atoms with van der Waals surface area (Å²) >= 11 is 0. The van der Waals surface area contributed by atoms with Crippen molar-refractivity contribution in [2.45, 2.75) is 0 Å². The number of nitrogens with zero attached hydrogens (tertiary/aromatic N) is 3. The van der Waals surface area contributed by atoms with Gasteiger partial charge < -0.3 is 0 Å². The van der Waals surface area contributed by atoms with Crippen molar-refractivity contribution in [3.8, 4) is 6.07 Å². The fourth-order valence-corrected chi connectivity index (χ4v) is 1.08. The molecule has 0 N–H and O–H groups in total. The first kappa shape index (κ1) is 6.80. The van der Waals surface area contributed by atoms with E-state index in [-0.39, 0.29) is 5.69 Å². The van der Waals surface area contributed by atoms with Gasteiger partial charge >= 0.3 is 0 Å². The lowest BCUT2D eigenvalue weighted by atomic mass is 10.3. The molecule has 0 radical (unpaired) electrons. The fraction of sp³-hybridized carbons (Fsp3) is 0. The maximum atomic E-state index is 12.8. The maximum Gasteiger partial charge on any atom is 0.145 e. The molecular formula is C8H4FN3. The second-order valence-electron chi connectivity index (χ2n) is 2.34. The van der Waals surface area contributed by atoms with Crippen molar-refractivity contribution in [1.29, 1.82) is 5.26 Å². The van der Waals surface area contributed by atoms with E-state index in [9.17, 15) is 4.39 Å². The number of hydrogen-bond donors (Lipinski definition) is 0. The van der Waals surface area contributed by atoms with Crippen LogP contribution in [0.5, 0.6) is 0 Å². The minimum absolute atomic E-state index is 0.204. The summed E-state index contributed by atoms with van der Waals surface area (Å²) in [6.45, 7) is 0. The highest BCUT2D eigenvalue weighted by molar-refractivity contribution is 5.48. The van der Waals surface area contributed by atoms with Crippen LogP contribution < -0.4 is 0 Å². The molecular weight excluding hydrogens is 157 g/mol. The van der Waals surface area contributed by atoms with Gasteiger partial charge in [-0.25, -0.2) is 8.91 Å². The summed E-state index contributed by atoms with van der Waals surface area (Å²) in [5.74, 6) is -0.417. The van der Waals surface area contributed by atoms with Gasteiger partial charge in [-0.1, -0.05) is 0 Å². The summed E-state index contributed by atoms with van der Waals surface area (Å²) in [4.78, 5) is 0. The predicted octanol–water partition coefficient (Wildman–Crippen LogP) is 1.35. The zero-order valence-corrected chi connectivity index (χ0v) is 6.03. The number of pyridine rings is 1. The quantitative estimate of drug-likeness (QED) is 0.585. The predicted molar refractivity (Wildman–Crippen MR) is 39.9 cm³/mol. The van der Waals surface area contributed by atoms with Crippen LogP contribution >= 0.6 is 0 Å². The van der Waals surface area contributed by atoms with Crippen molar-refractivity contribution < 1.29 is 4.39 Å².